The molecule has 1 aliphatic heterocycles. The van der Waals surface area contributed by atoms with Gasteiger partial charge in [0.05, 0.1) is 0 Å². The van der Waals surface area contributed by atoms with Gasteiger partial charge in [-0.05, 0) is 36.1 Å². The van der Waals surface area contributed by atoms with Crippen molar-refractivity contribution in [1.29, 1.82) is 0 Å². The molecule has 7 heteroatoms. The molecule has 0 atom stereocenters. The van der Waals surface area contributed by atoms with Gasteiger partial charge in [0.15, 0.2) is 18.1 Å². The molecule has 0 bridgehead atoms. The van der Waals surface area contributed by atoms with E-state index >= 15 is 0 Å². The number of fused-ring (bicyclic) bond motifs is 2. The first-order valence-electron chi connectivity index (χ1n) is 8.46. The van der Waals surface area contributed by atoms with Crippen LogP contribution in [0.3, 0.4) is 0 Å². The minimum atomic E-state index is -0.494. The van der Waals surface area contributed by atoms with E-state index in [4.69, 9.17) is 14.2 Å². The highest BCUT2D eigenvalue weighted by molar-refractivity contribution is 7.21. The highest BCUT2D eigenvalue weighted by Gasteiger charge is 2.18. The molecule has 0 spiro atoms. The van der Waals surface area contributed by atoms with Crippen molar-refractivity contribution in [1.82, 2.24) is 0 Å². The third-order valence-electron chi connectivity index (χ3n) is 4.19. The topological polar surface area (TPSA) is 73.9 Å². The minimum absolute atomic E-state index is 0.360. The smallest absolute Gasteiger partial charge is 0.349 e. The maximum absolute atomic E-state index is 12.4. The summed E-state index contributed by atoms with van der Waals surface area (Å²) in [4.78, 5) is 25.0. The lowest BCUT2D eigenvalue weighted by Crippen LogP contribution is -2.21. The SMILES string of the molecule is Cc1c(C(=O)OCC(=O)Nc2ccc3c(c2)OCCO3)sc2ccccc12. The number of carbonyl (C=O) groups is 2. The van der Waals surface area contributed by atoms with Gasteiger partial charge in [0, 0.05) is 16.5 Å². The Labute approximate surface area is 159 Å². The molecule has 0 saturated heterocycles. The van der Waals surface area contributed by atoms with Gasteiger partial charge in [0.25, 0.3) is 5.91 Å². The second-order valence-corrected chi connectivity index (χ2v) is 7.09. The summed E-state index contributed by atoms with van der Waals surface area (Å²) < 4.78 is 17.1. The Morgan fingerprint density at radius 1 is 1.11 bits per heavy atom. The first-order valence-corrected chi connectivity index (χ1v) is 9.28. The van der Waals surface area contributed by atoms with Gasteiger partial charge in [-0.25, -0.2) is 4.79 Å². The monoisotopic (exact) mass is 383 g/mol. The summed E-state index contributed by atoms with van der Waals surface area (Å²) in [5.41, 5.74) is 1.42. The van der Waals surface area contributed by atoms with Crippen LogP contribution in [0.2, 0.25) is 0 Å². The number of nitrogens with one attached hydrogen (secondary N) is 1. The van der Waals surface area contributed by atoms with Crippen molar-refractivity contribution in [3.05, 3.63) is 52.9 Å². The predicted molar refractivity (Wildman–Crippen MR) is 103 cm³/mol. The molecule has 1 amide bonds. The zero-order chi connectivity index (χ0) is 18.8. The largest absolute Gasteiger partial charge is 0.486 e. The molecule has 6 nitrogen and oxygen atoms in total. The van der Waals surface area contributed by atoms with Crippen LogP contribution >= 0.6 is 11.3 Å². The molecule has 2 aromatic carbocycles. The molecule has 1 aliphatic rings. The van der Waals surface area contributed by atoms with Crippen molar-refractivity contribution in [3.63, 3.8) is 0 Å². The lowest BCUT2D eigenvalue weighted by atomic mass is 10.1. The van der Waals surface area contributed by atoms with Crippen molar-refractivity contribution in [2.45, 2.75) is 6.92 Å². The zero-order valence-corrected chi connectivity index (χ0v) is 15.4. The quantitative estimate of drug-likeness (QED) is 0.694. The van der Waals surface area contributed by atoms with Crippen molar-refractivity contribution in [2.24, 2.45) is 0 Å². The predicted octanol–water partition coefficient (Wildman–Crippen LogP) is 3.78. The van der Waals surface area contributed by atoms with Crippen LogP contribution in [-0.2, 0) is 9.53 Å². The maximum atomic E-state index is 12.4. The van der Waals surface area contributed by atoms with E-state index in [1.807, 2.05) is 31.2 Å². The average Bonchev–Trinajstić information content (AvgIpc) is 3.03. The Balaban J connectivity index is 1.38. The highest BCUT2D eigenvalue weighted by Crippen LogP contribution is 2.33. The normalized spacial score (nSPS) is 12.6. The summed E-state index contributed by atoms with van der Waals surface area (Å²) in [6.45, 7) is 2.49. The Morgan fingerprint density at radius 2 is 1.89 bits per heavy atom. The molecule has 0 saturated carbocycles. The molecule has 1 N–H and O–H groups in total. The summed E-state index contributed by atoms with van der Waals surface area (Å²) in [7, 11) is 0. The van der Waals surface area contributed by atoms with Gasteiger partial charge in [-0.3, -0.25) is 4.79 Å². The van der Waals surface area contributed by atoms with Crippen LogP contribution in [0.1, 0.15) is 15.2 Å². The van der Waals surface area contributed by atoms with Crippen LogP contribution in [0.25, 0.3) is 10.1 Å². The number of ether oxygens (including phenoxy) is 3. The number of hydrogen-bond donors (Lipinski definition) is 1. The van der Waals surface area contributed by atoms with Gasteiger partial charge in [-0.1, -0.05) is 18.2 Å². The van der Waals surface area contributed by atoms with E-state index in [0.717, 1.165) is 15.6 Å². The van der Waals surface area contributed by atoms with E-state index in [9.17, 15) is 9.59 Å². The lowest BCUT2D eigenvalue weighted by molar-refractivity contribution is -0.119. The number of aryl methyl sites for hydroxylation is 1. The third-order valence-corrected chi connectivity index (χ3v) is 5.44. The molecule has 0 unspecified atom stereocenters. The molecular weight excluding hydrogens is 366 g/mol. The average molecular weight is 383 g/mol. The van der Waals surface area contributed by atoms with Crippen LogP contribution in [0, 0.1) is 6.92 Å². The Kier molecular flexibility index (Phi) is 4.68. The highest BCUT2D eigenvalue weighted by atomic mass is 32.1. The fourth-order valence-electron chi connectivity index (χ4n) is 2.88. The summed E-state index contributed by atoms with van der Waals surface area (Å²) in [5, 5.41) is 3.72. The van der Waals surface area contributed by atoms with E-state index in [-0.39, 0.29) is 6.61 Å². The Bertz CT molecular complexity index is 1030. The molecular formula is C20H17NO5S. The number of anilines is 1. The number of carbonyl (C=O) groups excluding carboxylic acids is 2. The molecule has 0 aliphatic carbocycles. The number of thiophene rings is 1. The Morgan fingerprint density at radius 3 is 2.70 bits per heavy atom. The molecule has 2 heterocycles. The third kappa shape index (κ3) is 3.59. The fraction of sp³-hybridized carbons (Fsp3) is 0.200. The maximum Gasteiger partial charge on any atom is 0.349 e. The summed E-state index contributed by atoms with van der Waals surface area (Å²) in [5.74, 6) is 0.313. The molecule has 0 radical (unpaired) electrons. The summed E-state index contributed by atoms with van der Waals surface area (Å²) in [6, 6.07) is 12.9. The molecule has 138 valence electrons. The number of hydrogen-bond acceptors (Lipinski definition) is 6. The number of esters is 1. The first-order chi connectivity index (χ1) is 13.1. The van der Waals surface area contributed by atoms with Crippen molar-refractivity contribution >= 4 is 39.0 Å². The van der Waals surface area contributed by atoms with Crippen LogP contribution in [0.15, 0.2) is 42.5 Å². The zero-order valence-electron chi connectivity index (χ0n) is 14.6. The number of benzene rings is 2. The second-order valence-electron chi connectivity index (χ2n) is 6.04. The first kappa shape index (κ1) is 17.4. The van der Waals surface area contributed by atoms with Gasteiger partial charge in [-0.2, -0.15) is 0 Å². The minimum Gasteiger partial charge on any atom is -0.486 e. The molecule has 0 fully saturated rings. The Hall–Kier alpha value is -3.06. The number of rotatable bonds is 4. The van der Waals surface area contributed by atoms with E-state index in [2.05, 4.69) is 5.32 Å². The van der Waals surface area contributed by atoms with Gasteiger partial charge >= 0.3 is 5.97 Å². The van der Waals surface area contributed by atoms with E-state index < -0.39 is 11.9 Å². The van der Waals surface area contributed by atoms with E-state index in [1.165, 1.54) is 11.3 Å². The van der Waals surface area contributed by atoms with Crippen LogP contribution < -0.4 is 14.8 Å². The van der Waals surface area contributed by atoms with Gasteiger partial charge < -0.3 is 19.5 Å². The van der Waals surface area contributed by atoms with E-state index in [1.54, 1.807) is 18.2 Å². The molecule has 4 rings (SSSR count). The standard InChI is InChI=1S/C20H17NO5S/c1-12-14-4-2-3-5-17(14)27-19(12)20(23)26-11-18(22)21-13-6-7-15-16(10-13)25-9-8-24-15/h2-7,10H,8-9,11H2,1H3,(H,21,22). The fourth-order valence-corrected chi connectivity index (χ4v) is 3.99. The van der Waals surface area contributed by atoms with Crippen LogP contribution in [0.5, 0.6) is 11.5 Å². The van der Waals surface area contributed by atoms with Gasteiger partial charge in [-0.15, -0.1) is 11.3 Å². The van der Waals surface area contributed by atoms with Crippen molar-refractivity contribution < 1.29 is 23.8 Å². The molecule has 3 aromatic rings. The van der Waals surface area contributed by atoms with Gasteiger partial charge in [0.1, 0.15) is 18.1 Å². The van der Waals surface area contributed by atoms with Crippen molar-refractivity contribution in [3.8, 4) is 11.5 Å². The summed E-state index contributed by atoms with van der Waals surface area (Å²) in [6.07, 6.45) is 0. The summed E-state index contributed by atoms with van der Waals surface area (Å²) >= 11 is 1.37. The molecule has 27 heavy (non-hydrogen) atoms. The second kappa shape index (κ2) is 7.28. The van der Waals surface area contributed by atoms with Crippen LogP contribution in [-0.4, -0.2) is 31.7 Å². The number of amides is 1. The van der Waals surface area contributed by atoms with E-state index in [0.29, 0.717) is 35.3 Å². The molecule has 1 aromatic heterocycles. The van der Waals surface area contributed by atoms with Crippen LogP contribution in [0.4, 0.5) is 5.69 Å². The van der Waals surface area contributed by atoms with Crippen molar-refractivity contribution in [2.75, 3.05) is 25.1 Å². The van der Waals surface area contributed by atoms with Gasteiger partial charge in [0.2, 0.25) is 0 Å². The lowest BCUT2D eigenvalue weighted by Gasteiger charge is -2.19.